The zero-order valence-electron chi connectivity index (χ0n) is 52.9. The number of hydrogen-bond acceptors (Lipinski definition) is 4. The molecule has 16 aromatic carbocycles. The maximum Gasteiger partial charge on any atom is 0.159 e. The molecular weight excluding hydrogens is 1180 g/mol. The van der Waals surface area contributed by atoms with E-state index in [0.717, 1.165) is 155 Å². The van der Waals surface area contributed by atoms with E-state index in [-0.39, 0.29) is 0 Å². The molecule has 0 bridgehead atoms. The Morgan fingerprint density at radius 3 is 0.845 bits per heavy atom. The number of hydrogen-bond donors (Lipinski definition) is 0. The number of benzene rings is 16. The van der Waals surface area contributed by atoms with Crippen LogP contribution < -0.4 is 9.80 Å². The van der Waals surface area contributed by atoms with Gasteiger partial charge in [-0.2, -0.15) is 0 Å². The fourth-order valence-corrected chi connectivity index (χ4v) is 15.8. The Balaban J connectivity index is 0.960. The molecule has 0 unspecified atom stereocenters. The monoisotopic (exact) mass is 1240 g/mol. The first-order valence-electron chi connectivity index (χ1n) is 33.3. The van der Waals surface area contributed by atoms with Gasteiger partial charge in [-0.3, -0.25) is 0 Å². The molecule has 0 radical (unpaired) electrons. The van der Waals surface area contributed by atoms with Crippen LogP contribution in [0.1, 0.15) is 22.3 Å². The van der Waals surface area contributed by atoms with Crippen molar-refractivity contribution in [1.82, 2.24) is 0 Å². The van der Waals surface area contributed by atoms with Crippen molar-refractivity contribution in [3.05, 3.63) is 386 Å². The number of fused-ring (bicyclic) bond motifs is 13. The van der Waals surface area contributed by atoms with Crippen LogP contribution in [0, 0.1) is 0 Å². The Morgan fingerprint density at radius 1 is 0.206 bits per heavy atom. The highest BCUT2D eigenvalue weighted by molar-refractivity contribution is 6.21. The van der Waals surface area contributed by atoms with Crippen molar-refractivity contribution in [3.63, 3.8) is 0 Å². The molecule has 454 valence electrons. The van der Waals surface area contributed by atoms with Gasteiger partial charge in [0.05, 0.1) is 28.2 Å². The second-order valence-corrected chi connectivity index (χ2v) is 25.4. The highest BCUT2D eigenvalue weighted by Gasteiger charge is 2.49. The Kier molecular flexibility index (Phi) is 13.1. The van der Waals surface area contributed by atoms with E-state index in [1.807, 2.05) is 0 Å². The van der Waals surface area contributed by atoms with E-state index in [1.54, 1.807) is 0 Å². The van der Waals surface area contributed by atoms with Gasteiger partial charge >= 0.3 is 0 Å². The number of nitrogens with zero attached hydrogens (tertiary/aromatic N) is 2. The molecule has 4 nitrogen and oxygen atoms in total. The summed E-state index contributed by atoms with van der Waals surface area (Å²) in [4.78, 5) is 5.00. The molecular formula is C93H60N2O2. The van der Waals surface area contributed by atoms with Crippen molar-refractivity contribution in [2.75, 3.05) is 9.80 Å². The van der Waals surface area contributed by atoms with Crippen LogP contribution in [-0.4, -0.2) is 0 Å². The third-order valence-electron chi connectivity index (χ3n) is 20.0. The molecule has 19 rings (SSSR count). The van der Waals surface area contributed by atoms with Crippen molar-refractivity contribution in [3.8, 4) is 55.6 Å². The van der Waals surface area contributed by atoms with Gasteiger partial charge in [0.1, 0.15) is 11.2 Å². The molecule has 0 fully saturated rings. The second kappa shape index (κ2) is 22.8. The van der Waals surface area contributed by atoms with Gasteiger partial charge in [0.25, 0.3) is 0 Å². The van der Waals surface area contributed by atoms with Gasteiger partial charge in [-0.05, 0) is 161 Å². The zero-order valence-corrected chi connectivity index (χ0v) is 52.9. The summed E-state index contributed by atoms with van der Waals surface area (Å²) in [7, 11) is 0. The van der Waals surface area contributed by atoms with Crippen molar-refractivity contribution in [1.29, 1.82) is 0 Å². The fourth-order valence-electron chi connectivity index (χ4n) is 15.8. The molecule has 18 aromatic rings. The lowest BCUT2D eigenvalue weighted by atomic mass is 9.67. The maximum absolute atomic E-state index is 7.18. The third kappa shape index (κ3) is 8.99. The number of anilines is 6. The van der Waals surface area contributed by atoms with Crippen LogP contribution in [-0.2, 0) is 5.41 Å². The molecule has 4 heteroatoms. The third-order valence-corrected chi connectivity index (χ3v) is 20.0. The molecule has 2 aromatic heterocycles. The van der Waals surface area contributed by atoms with Crippen molar-refractivity contribution < 1.29 is 8.83 Å². The summed E-state index contributed by atoms with van der Waals surface area (Å²) in [5, 5.41) is 8.71. The van der Waals surface area contributed by atoms with Crippen LogP contribution in [0.5, 0.6) is 0 Å². The van der Waals surface area contributed by atoms with Crippen LogP contribution in [0.3, 0.4) is 0 Å². The summed E-state index contributed by atoms with van der Waals surface area (Å²) >= 11 is 0. The van der Waals surface area contributed by atoms with E-state index in [0.29, 0.717) is 0 Å². The Morgan fingerprint density at radius 2 is 0.495 bits per heavy atom. The number of para-hydroxylation sites is 4. The minimum absolute atomic E-state index is 0.808. The average molecular weight is 1240 g/mol. The lowest BCUT2D eigenvalue weighted by Crippen LogP contribution is -2.29. The molecule has 0 N–H and O–H groups in total. The summed E-state index contributed by atoms with van der Waals surface area (Å²) in [6.07, 6.45) is 0. The smallest absolute Gasteiger partial charge is 0.159 e. The van der Waals surface area contributed by atoms with Crippen LogP contribution in [0.15, 0.2) is 373 Å². The van der Waals surface area contributed by atoms with Crippen LogP contribution in [0.25, 0.3) is 121 Å². The quantitative estimate of drug-likeness (QED) is 0.122. The summed E-state index contributed by atoms with van der Waals surface area (Å²) in [6, 6.07) is 133. The molecule has 0 spiro atoms. The molecule has 2 heterocycles. The predicted molar refractivity (Wildman–Crippen MR) is 404 cm³/mol. The average Bonchev–Trinajstić information content (AvgIpc) is 1.52. The van der Waals surface area contributed by atoms with E-state index in [2.05, 4.69) is 374 Å². The van der Waals surface area contributed by atoms with Crippen LogP contribution in [0.2, 0.25) is 0 Å². The molecule has 1 aliphatic carbocycles. The normalized spacial score (nSPS) is 12.4. The lowest BCUT2D eigenvalue weighted by Gasteiger charge is -2.36. The molecule has 0 saturated heterocycles. The predicted octanol–water partition coefficient (Wildman–Crippen LogP) is 25.8. The van der Waals surface area contributed by atoms with E-state index in [1.165, 1.54) is 22.3 Å². The number of furan rings is 2. The van der Waals surface area contributed by atoms with E-state index < -0.39 is 5.41 Å². The largest absolute Gasteiger partial charge is 0.454 e. The van der Waals surface area contributed by atoms with Gasteiger partial charge in [0, 0.05) is 43.7 Å². The molecule has 0 saturated carbocycles. The Bertz CT molecular complexity index is 5570. The Hall–Kier alpha value is -12.8. The van der Waals surface area contributed by atoms with Gasteiger partial charge < -0.3 is 18.6 Å². The fraction of sp³-hybridized carbons (Fsp3) is 0.0108. The van der Waals surface area contributed by atoms with Gasteiger partial charge in [-0.15, -0.1) is 0 Å². The Labute approximate surface area is 562 Å². The summed E-state index contributed by atoms with van der Waals surface area (Å²) in [5.74, 6) is 0. The van der Waals surface area contributed by atoms with E-state index in [4.69, 9.17) is 8.83 Å². The minimum Gasteiger partial charge on any atom is -0.454 e. The first-order valence-corrected chi connectivity index (χ1v) is 33.3. The summed E-state index contributed by atoms with van der Waals surface area (Å²) in [6.45, 7) is 0. The molecule has 0 aliphatic heterocycles. The van der Waals surface area contributed by atoms with Gasteiger partial charge in [-0.25, -0.2) is 0 Å². The topological polar surface area (TPSA) is 32.8 Å². The first-order chi connectivity index (χ1) is 48.1. The van der Waals surface area contributed by atoms with E-state index >= 15 is 0 Å². The first kappa shape index (κ1) is 55.8. The van der Waals surface area contributed by atoms with E-state index in [9.17, 15) is 0 Å². The standard InChI is InChI=1S/C93H60N2O2/c1-7-29-61(30-8-1)65-53-66(62-31-9-2-10-32-62)56-71(55-65)94(83-49-27-47-79-75-43-23-25-51-87(75)96-91(79)83)85-59-81-89(77-45-21-19-41-73(77)85)90-78-46-22-20-42-74(78)86(60-82(90)93(81,69-37-15-5-16-38-69)70-39-17-6-18-40-70)95(84-50-28-48-80-76-44-24-26-52-88(76)97-92(80)84)72-57-67(63-33-11-3-12-34-63)54-68(58-72)64-35-13-4-14-36-64/h1-60H. The van der Waals surface area contributed by atoms with Gasteiger partial charge in [0.15, 0.2) is 11.2 Å². The van der Waals surface area contributed by atoms with Crippen LogP contribution in [0.4, 0.5) is 34.1 Å². The molecule has 0 atom stereocenters. The molecule has 1 aliphatic rings. The molecule has 97 heavy (non-hydrogen) atoms. The van der Waals surface area contributed by atoms with Crippen molar-refractivity contribution in [2.45, 2.75) is 5.41 Å². The van der Waals surface area contributed by atoms with Gasteiger partial charge in [-0.1, -0.05) is 291 Å². The SMILES string of the molecule is c1ccc(-c2cc(-c3ccccc3)cc(N(c3cc4c(c5ccccc35)-c3c(cc(N(c5cc(-c6ccccc6)cc(-c6ccccc6)c5)c5cccc6c5oc5ccccc56)c5ccccc35)C4(c3ccccc3)c3ccccc3)c3cccc4c3oc3ccccc34)c2)cc1. The highest BCUT2D eigenvalue weighted by atomic mass is 16.3. The second-order valence-electron chi connectivity index (χ2n) is 25.4. The maximum atomic E-state index is 7.18. The minimum atomic E-state index is -0.930. The lowest BCUT2D eigenvalue weighted by molar-refractivity contribution is 0.669. The summed E-state index contributed by atoms with van der Waals surface area (Å²) < 4.78 is 14.4. The highest BCUT2D eigenvalue weighted by Crippen LogP contribution is 2.63. The van der Waals surface area contributed by atoms with Crippen molar-refractivity contribution >= 4 is 99.5 Å². The molecule has 0 amide bonds. The van der Waals surface area contributed by atoms with Gasteiger partial charge in [0.2, 0.25) is 0 Å². The van der Waals surface area contributed by atoms with Crippen LogP contribution >= 0.6 is 0 Å². The summed E-state index contributed by atoms with van der Waals surface area (Å²) in [5.41, 5.74) is 24.2. The zero-order chi connectivity index (χ0) is 64.0. The number of rotatable bonds is 12. The van der Waals surface area contributed by atoms with Crippen molar-refractivity contribution in [2.24, 2.45) is 0 Å².